The van der Waals surface area contributed by atoms with E-state index in [1.807, 2.05) is 7.05 Å². The van der Waals surface area contributed by atoms with Crippen molar-refractivity contribution < 1.29 is 5.11 Å². The summed E-state index contributed by atoms with van der Waals surface area (Å²) in [5, 5.41) is 18.1. The van der Waals surface area contributed by atoms with Gasteiger partial charge in [-0.05, 0) is 12.8 Å². The highest BCUT2D eigenvalue weighted by atomic mass is 16.3. The molecule has 2 heterocycles. The fraction of sp³-hybridized carbons (Fsp3) is 0.571. The molecular formula is C14H22N8O. The van der Waals surface area contributed by atoms with Gasteiger partial charge in [0.15, 0.2) is 11.6 Å². The van der Waals surface area contributed by atoms with Crippen LogP contribution in [-0.4, -0.2) is 65.4 Å². The zero-order valence-electron chi connectivity index (χ0n) is 13.6. The standard InChI is InChI=1S/C14H22N8O/c1-15-13-19-10-9(11(20-13)17-6-7-23)18-14(16-2)21-12(10)22(3)8-4-5-8/h8,23H,4-7H2,1-3H3,(H,16,18,21)(H2,15,17,19,20). The molecule has 0 aromatic carbocycles. The summed E-state index contributed by atoms with van der Waals surface area (Å²) in [5.74, 6) is 2.38. The Hall–Kier alpha value is -2.42. The van der Waals surface area contributed by atoms with Crippen molar-refractivity contribution in [3.05, 3.63) is 0 Å². The number of fused-ring (bicyclic) bond motifs is 1. The number of hydrogen-bond acceptors (Lipinski definition) is 9. The summed E-state index contributed by atoms with van der Waals surface area (Å²) in [6.07, 6.45) is 2.33. The summed E-state index contributed by atoms with van der Waals surface area (Å²) in [7, 11) is 5.58. The molecule has 2 aromatic heterocycles. The van der Waals surface area contributed by atoms with Gasteiger partial charge in [-0.15, -0.1) is 0 Å². The molecular weight excluding hydrogens is 296 g/mol. The van der Waals surface area contributed by atoms with Gasteiger partial charge < -0.3 is 26.0 Å². The maximum absolute atomic E-state index is 9.08. The van der Waals surface area contributed by atoms with Gasteiger partial charge in [-0.1, -0.05) is 0 Å². The number of aliphatic hydroxyl groups excluding tert-OH is 1. The van der Waals surface area contributed by atoms with Crippen LogP contribution in [0.2, 0.25) is 0 Å². The molecule has 0 saturated heterocycles. The fourth-order valence-corrected chi connectivity index (χ4v) is 2.40. The Morgan fingerprint density at radius 2 is 1.70 bits per heavy atom. The first-order valence-electron chi connectivity index (χ1n) is 7.70. The first kappa shape index (κ1) is 15.5. The molecule has 0 unspecified atom stereocenters. The number of rotatable bonds is 7. The topological polar surface area (TPSA) is 111 Å². The molecule has 23 heavy (non-hydrogen) atoms. The van der Waals surface area contributed by atoms with Crippen molar-refractivity contribution in [2.24, 2.45) is 0 Å². The predicted molar refractivity (Wildman–Crippen MR) is 91.2 cm³/mol. The van der Waals surface area contributed by atoms with Crippen LogP contribution in [0, 0.1) is 0 Å². The number of nitrogens with one attached hydrogen (secondary N) is 3. The molecule has 0 bridgehead atoms. The van der Waals surface area contributed by atoms with Crippen molar-refractivity contribution in [3.8, 4) is 0 Å². The molecule has 0 aliphatic heterocycles. The second kappa shape index (κ2) is 6.37. The molecule has 1 aliphatic carbocycles. The molecule has 4 N–H and O–H groups in total. The average Bonchev–Trinajstić information content (AvgIpc) is 3.42. The lowest BCUT2D eigenvalue weighted by molar-refractivity contribution is 0.311. The van der Waals surface area contributed by atoms with Crippen molar-refractivity contribution >= 4 is 34.6 Å². The number of aliphatic hydroxyl groups is 1. The fourth-order valence-electron chi connectivity index (χ4n) is 2.40. The van der Waals surface area contributed by atoms with Crippen LogP contribution in [0.4, 0.5) is 23.5 Å². The van der Waals surface area contributed by atoms with Crippen LogP contribution in [0.3, 0.4) is 0 Å². The van der Waals surface area contributed by atoms with Crippen molar-refractivity contribution in [2.45, 2.75) is 18.9 Å². The van der Waals surface area contributed by atoms with Crippen molar-refractivity contribution in [3.63, 3.8) is 0 Å². The highest BCUT2D eigenvalue weighted by molar-refractivity contribution is 5.94. The van der Waals surface area contributed by atoms with Gasteiger partial charge >= 0.3 is 0 Å². The van der Waals surface area contributed by atoms with E-state index in [9.17, 15) is 0 Å². The molecule has 0 atom stereocenters. The molecule has 2 aromatic rings. The third-order valence-electron chi connectivity index (χ3n) is 3.81. The van der Waals surface area contributed by atoms with Crippen LogP contribution < -0.4 is 20.9 Å². The van der Waals surface area contributed by atoms with Crippen LogP contribution in [0.1, 0.15) is 12.8 Å². The molecule has 1 aliphatic rings. The monoisotopic (exact) mass is 318 g/mol. The SMILES string of the molecule is CNc1nc(N(C)C2CC2)c2nc(NC)nc(NCCO)c2n1. The Bertz CT molecular complexity index is 703. The Morgan fingerprint density at radius 3 is 2.30 bits per heavy atom. The molecule has 0 spiro atoms. The highest BCUT2D eigenvalue weighted by Crippen LogP contribution is 2.34. The summed E-state index contributed by atoms with van der Waals surface area (Å²) in [5.41, 5.74) is 1.33. The zero-order valence-corrected chi connectivity index (χ0v) is 13.6. The summed E-state index contributed by atoms with van der Waals surface area (Å²) in [6, 6.07) is 0.500. The maximum Gasteiger partial charge on any atom is 0.225 e. The Labute approximate surface area is 134 Å². The van der Waals surface area contributed by atoms with Crippen molar-refractivity contribution in [1.29, 1.82) is 0 Å². The minimum atomic E-state index is 0.0131. The van der Waals surface area contributed by atoms with E-state index in [1.54, 1.807) is 14.1 Å². The van der Waals surface area contributed by atoms with E-state index < -0.39 is 0 Å². The summed E-state index contributed by atoms with van der Waals surface area (Å²) in [4.78, 5) is 20.2. The molecule has 1 fully saturated rings. The average molecular weight is 318 g/mol. The summed E-state index contributed by atoms with van der Waals surface area (Å²) in [6.45, 7) is 0.404. The minimum Gasteiger partial charge on any atom is -0.395 e. The minimum absolute atomic E-state index is 0.0131. The number of anilines is 4. The van der Waals surface area contributed by atoms with E-state index in [0.717, 1.165) is 18.7 Å². The molecule has 3 rings (SSSR count). The van der Waals surface area contributed by atoms with Crippen LogP contribution in [0.25, 0.3) is 11.0 Å². The van der Waals surface area contributed by atoms with Crippen molar-refractivity contribution in [2.75, 3.05) is 55.1 Å². The molecule has 9 nitrogen and oxygen atoms in total. The largest absolute Gasteiger partial charge is 0.395 e. The number of hydrogen-bond donors (Lipinski definition) is 4. The van der Waals surface area contributed by atoms with Crippen LogP contribution in [-0.2, 0) is 0 Å². The van der Waals surface area contributed by atoms with Crippen molar-refractivity contribution in [1.82, 2.24) is 19.9 Å². The Balaban J connectivity index is 2.19. The van der Waals surface area contributed by atoms with E-state index in [0.29, 0.717) is 41.3 Å². The normalized spacial score (nSPS) is 13.9. The molecule has 1 saturated carbocycles. The quantitative estimate of drug-likeness (QED) is 0.580. The van der Waals surface area contributed by atoms with E-state index in [4.69, 9.17) is 5.11 Å². The summed E-state index contributed by atoms with van der Waals surface area (Å²) >= 11 is 0. The first-order chi connectivity index (χ1) is 11.2. The lowest BCUT2D eigenvalue weighted by atomic mass is 10.3. The lowest BCUT2D eigenvalue weighted by Crippen LogP contribution is -2.22. The molecule has 9 heteroatoms. The van der Waals surface area contributed by atoms with Gasteiger partial charge in [-0.2, -0.15) is 9.97 Å². The Morgan fingerprint density at radius 1 is 1.04 bits per heavy atom. The van der Waals surface area contributed by atoms with Crippen LogP contribution >= 0.6 is 0 Å². The third-order valence-corrected chi connectivity index (χ3v) is 3.81. The van der Waals surface area contributed by atoms with Gasteiger partial charge in [0.2, 0.25) is 11.9 Å². The first-order valence-corrected chi connectivity index (χ1v) is 7.70. The third kappa shape index (κ3) is 3.04. The highest BCUT2D eigenvalue weighted by Gasteiger charge is 2.29. The number of aromatic nitrogens is 4. The van der Waals surface area contributed by atoms with Gasteiger partial charge in [0.05, 0.1) is 6.61 Å². The van der Waals surface area contributed by atoms with Crippen LogP contribution in [0.15, 0.2) is 0 Å². The molecule has 124 valence electrons. The predicted octanol–water partition coefficient (Wildman–Crippen LogP) is 0.506. The second-order valence-electron chi connectivity index (χ2n) is 5.46. The maximum atomic E-state index is 9.08. The van der Waals surface area contributed by atoms with E-state index in [1.165, 1.54) is 0 Å². The van der Waals surface area contributed by atoms with Gasteiger partial charge in [0.1, 0.15) is 11.0 Å². The van der Waals surface area contributed by atoms with Gasteiger partial charge in [0, 0.05) is 33.7 Å². The van der Waals surface area contributed by atoms with Gasteiger partial charge in [-0.25, -0.2) is 9.97 Å². The van der Waals surface area contributed by atoms with Gasteiger partial charge in [0.25, 0.3) is 0 Å². The molecule has 0 radical (unpaired) electrons. The number of nitrogens with zero attached hydrogens (tertiary/aromatic N) is 5. The van der Waals surface area contributed by atoms with E-state index in [-0.39, 0.29) is 6.61 Å². The van der Waals surface area contributed by atoms with E-state index in [2.05, 4.69) is 40.8 Å². The van der Waals surface area contributed by atoms with E-state index >= 15 is 0 Å². The molecule has 0 amide bonds. The van der Waals surface area contributed by atoms with Crippen LogP contribution in [0.5, 0.6) is 0 Å². The summed E-state index contributed by atoms with van der Waals surface area (Å²) < 4.78 is 0. The smallest absolute Gasteiger partial charge is 0.225 e. The lowest BCUT2D eigenvalue weighted by Gasteiger charge is -2.20. The van der Waals surface area contributed by atoms with Gasteiger partial charge in [-0.3, -0.25) is 0 Å². The second-order valence-corrected chi connectivity index (χ2v) is 5.46. The zero-order chi connectivity index (χ0) is 16.4. The Kier molecular flexibility index (Phi) is 4.28.